The van der Waals surface area contributed by atoms with Crippen LogP contribution in [0.25, 0.3) is 22.2 Å². The minimum Gasteiger partial charge on any atom is -0.355 e. The maximum absolute atomic E-state index is 12.1. The maximum Gasteiger partial charge on any atom is 0.258 e. The molecule has 0 unspecified atom stereocenters. The lowest BCUT2D eigenvalue weighted by Crippen LogP contribution is -2.28. The molecule has 0 aliphatic heterocycles. The van der Waals surface area contributed by atoms with Crippen molar-refractivity contribution in [1.82, 2.24) is 10.3 Å². The molecule has 4 heteroatoms. The molecule has 2 amide bonds. The Hall–Kier alpha value is -2.88. The Morgan fingerprint density at radius 3 is 2.48 bits per heavy atom. The molecule has 3 aromatic rings. The molecule has 2 N–H and O–H groups in total. The van der Waals surface area contributed by atoms with Crippen LogP contribution in [0.3, 0.4) is 0 Å². The van der Waals surface area contributed by atoms with Gasteiger partial charge in [-0.3, -0.25) is 14.9 Å². The van der Waals surface area contributed by atoms with Crippen LogP contribution in [0.4, 0.5) is 0 Å². The molecule has 1 heterocycles. The van der Waals surface area contributed by atoms with Gasteiger partial charge >= 0.3 is 0 Å². The molecule has 0 spiro atoms. The van der Waals surface area contributed by atoms with Crippen molar-refractivity contribution in [2.75, 3.05) is 0 Å². The first-order valence-electron chi connectivity index (χ1n) is 6.64. The number of hydrogen-bond donors (Lipinski definition) is 2. The van der Waals surface area contributed by atoms with Gasteiger partial charge in [-0.1, -0.05) is 36.4 Å². The Balaban J connectivity index is 2.09. The second-order valence-electron chi connectivity index (χ2n) is 4.83. The summed E-state index contributed by atoms with van der Waals surface area (Å²) in [6, 6.07) is 17.1. The number of benzene rings is 2. The molecule has 0 aliphatic rings. The fourth-order valence-corrected chi connectivity index (χ4v) is 2.36. The van der Waals surface area contributed by atoms with Gasteiger partial charge in [0.05, 0.1) is 0 Å². The van der Waals surface area contributed by atoms with E-state index in [1.807, 2.05) is 42.5 Å². The van der Waals surface area contributed by atoms with Gasteiger partial charge in [-0.2, -0.15) is 0 Å². The predicted molar refractivity (Wildman–Crippen MR) is 81.9 cm³/mol. The van der Waals surface area contributed by atoms with E-state index in [1.54, 1.807) is 12.1 Å². The zero-order valence-corrected chi connectivity index (χ0v) is 11.5. The van der Waals surface area contributed by atoms with E-state index in [4.69, 9.17) is 0 Å². The van der Waals surface area contributed by atoms with E-state index in [0.29, 0.717) is 5.56 Å². The molecule has 0 aliphatic carbocycles. The number of amides is 2. The topological polar surface area (TPSA) is 62.0 Å². The quantitative estimate of drug-likeness (QED) is 0.756. The van der Waals surface area contributed by atoms with Crippen LogP contribution in [0, 0.1) is 0 Å². The number of nitrogens with one attached hydrogen (secondary N) is 2. The molecule has 0 bridgehead atoms. The standard InChI is InChI=1S/C17H14N2O2/c1-11(20)18-17(21)14-8-4-3-7-13(14)16-10-12-6-2-5-9-15(12)19-16/h2-10,19H,1H3,(H,18,20,21). The number of fused-ring (bicyclic) bond motifs is 1. The molecule has 0 fully saturated rings. The summed E-state index contributed by atoms with van der Waals surface area (Å²) in [7, 11) is 0. The van der Waals surface area contributed by atoms with Crippen molar-refractivity contribution in [2.24, 2.45) is 0 Å². The molecule has 0 atom stereocenters. The summed E-state index contributed by atoms with van der Waals surface area (Å²) in [5.74, 6) is -0.761. The first-order valence-corrected chi connectivity index (χ1v) is 6.64. The predicted octanol–water partition coefficient (Wildman–Crippen LogP) is 3.11. The number of carbonyl (C=O) groups is 2. The average Bonchev–Trinajstić information content (AvgIpc) is 2.90. The maximum atomic E-state index is 12.1. The highest BCUT2D eigenvalue weighted by atomic mass is 16.2. The van der Waals surface area contributed by atoms with Gasteiger partial charge in [0.1, 0.15) is 0 Å². The van der Waals surface area contributed by atoms with Crippen LogP contribution in [0.15, 0.2) is 54.6 Å². The van der Waals surface area contributed by atoms with Crippen molar-refractivity contribution in [1.29, 1.82) is 0 Å². The fourth-order valence-electron chi connectivity index (χ4n) is 2.36. The summed E-state index contributed by atoms with van der Waals surface area (Å²) < 4.78 is 0. The number of rotatable bonds is 2. The second kappa shape index (κ2) is 5.25. The van der Waals surface area contributed by atoms with Crippen molar-refractivity contribution in [3.05, 3.63) is 60.2 Å². The number of carbonyl (C=O) groups excluding carboxylic acids is 2. The molecular formula is C17H14N2O2. The number of aromatic amines is 1. The molecule has 1 aromatic heterocycles. The van der Waals surface area contributed by atoms with E-state index in [9.17, 15) is 9.59 Å². The Bertz CT molecular complexity index is 800. The van der Waals surface area contributed by atoms with Crippen LogP contribution in [0.1, 0.15) is 17.3 Å². The number of aromatic nitrogens is 1. The van der Waals surface area contributed by atoms with Gasteiger partial charge in [0, 0.05) is 34.6 Å². The Morgan fingerprint density at radius 1 is 1.00 bits per heavy atom. The molecule has 104 valence electrons. The third-order valence-electron chi connectivity index (χ3n) is 3.28. The lowest BCUT2D eigenvalue weighted by molar-refractivity contribution is -0.118. The molecule has 0 saturated heterocycles. The number of H-pyrrole nitrogens is 1. The van der Waals surface area contributed by atoms with Crippen molar-refractivity contribution in [3.63, 3.8) is 0 Å². The van der Waals surface area contributed by atoms with Gasteiger partial charge in [-0.05, 0) is 18.2 Å². The molecule has 3 rings (SSSR count). The fraction of sp³-hybridized carbons (Fsp3) is 0.0588. The zero-order chi connectivity index (χ0) is 14.8. The van der Waals surface area contributed by atoms with E-state index < -0.39 is 5.91 Å². The summed E-state index contributed by atoms with van der Waals surface area (Å²) in [5, 5.41) is 3.39. The van der Waals surface area contributed by atoms with Gasteiger partial charge in [-0.25, -0.2) is 0 Å². The molecule has 4 nitrogen and oxygen atoms in total. The first-order chi connectivity index (χ1) is 10.1. The van der Waals surface area contributed by atoms with Crippen LogP contribution >= 0.6 is 0 Å². The summed E-state index contributed by atoms with van der Waals surface area (Å²) in [6.07, 6.45) is 0. The zero-order valence-electron chi connectivity index (χ0n) is 11.5. The van der Waals surface area contributed by atoms with E-state index in [-0.39, 0.29) is 5.91 Å². The highest BCUT2D eigenvalue weighted by Crippen LogP contribution is 2.26. The van der Waals surface area contributed by atoms with Crippen LogP contribution in [0.5, 0.6) is 0 Å². The summed E-state index contributed by atoms with van der Waals surface area (Å²) in [5.41, 5.74) is 3.10. The Labute approximate surface area is 121 Å². The highest BCUT2D eigenvalue weighted by molar-refractivity contribution is 6.08. The largest absolute Gasteiger partial charge is 0.355 e. The normalized spacial score (nSPS) is 10.5. The number of para-hydroxylation sites is 1. The van der Waals surface area contributed by atoms with E-state index in [2.05, 4.69) is 10.3 Å². The smallest absolute Gasteiger partial charge is 0.258 e. The monoisotopic (exact) mass is 278 g/mol. The minimum atomic E-state index is -0.392. The Morgan fingerprint density at radius 2 is 1.71 bits per heavy atom. The van der Waals surface area contributed by atoms with Gasteiger partial charge in [-0.15, -0.1) is 0 Å². The first kappa shape index (κ1) is 13.1. The average molecular weight is 278 g/mol. The van der Waals surface area contributed by atoms with E-state index in [1.165, 1.54) is 6.92 Å². The van der Waals surface area contributed by atoms with Crippen LogP contribution < -0.4 is 5.32 Å². The summed E-state index contributed by atoms with van der Waals surface area (Å²) >= 11 is 0. The van der Waals surface area contributed by atoms with E-state index >= 15 is 0 Å². The SMILES string of the molecule is CC(=O)NC(=O)c1ccccc1-c1cc2ccccc2[nH]1. The second-order valence-corrected chi connectivity index (χ2v) is 4.83. The summed E-state index contributed by atoms with van der Waals surface area (Å²) in [4.78, 5) is 26.5. The third-order valence-corrected chi connectivity index (χ3v) is 3.28. The van der Waals surface area contributed by atoms with Crippen LogP contribution in [-0.4, -0.2) is 16.8 Å². The molecule has 21 heavy (non-hydrogen) atoms. The van der Waals surface area contributed by atoms with Crippen molar-refractivity contribution in [3.8, 4) is 11.3 Å². The number of hydrogen-bond acceptors (Lipinski definition) is 2. The van der Waals surface area contributed by atoms with Gasteiger partial charge in [0.25, 0.3) is 5.91 Å². The van der Waals surface area contributed by atoms with Crippen LogP contribution in [0.2, 0.25) is 0 Å². The summed E-state index contributed by atoms with van der Waals surface area (Å²) in [6.45, 7) is 1.32. The van der Waals surface area contributed by atoms with Gasteiger partial charge in [0.15, 0.2) is 0 Å². The third kappa shape index (κ3) is 2.56. The number of imide groups is 1. The lowest BCUT2D eigenvalue weighted by atomic mass is 10.0. The minimum absolute atomic E-state index is 0.369. The van der Waals surface area contributed by atoms with Crippen molar-refractivity contribution < 1.29 is 9.59 Å². The van der Waals surface area contributed by atoms with Crippen molar-refractivity contribution in [2.45, 2.75) is 6.92 Å². The van der Waals surface area contributed by atoms with Gasteiger partial charge < -0.3 is 4.98 Å². The van der Waals surface area contributed by atoms with Gasteiger partial charge in [0.2, 0.25) is 5.91 Å². The molecule has 0 radical (unpaired) electrons. The molecule has 0 saturated carbocycles. The van der Waals surface area contributed by atoms with Crippen molar-refractivity contribution >= 4 is 22.7 Å². The molecule has 2 aromatic carbocycles. The lowest BCUT2D eigenvalue weighted by Gasteiger charge is -2.07. The van der Waals surface area contributed by atoms with E-state index in [0.717, 1.165) is 22.2 Å². The molecular weight excluding hydrogens is 264 g/mol. The highest BCUT2D eigenvalue weighted by Gasteiger charge is 2.14. The Kier molecular flexibility index (Phi) is 3.28. The van der Waals surface area contributed by atoms with Crippen LogP contribution in [-0.2, 0) is 4.79 Å².